The van der Waals surface area contributed by atoms with Gasteiger partial charge in [0.05, 0.1) is 17.5 Å². The Morgan fingerprint density at radius 3 is 2.27 bits per heavy atom. The number of guanidine groups is 1. The summed E-state index contributed by atoms with van der Waals surface area (Å²) in [7, 11) is 5.17. The molecule has 30 heavy (non-hydrogen) atoms. The second kappa shape index (κ2) is 11.4. The molecule has 1 saturated carbocycles. The molecule has 0 heterocycles. The van der Waals surface area contributed by atoms with Crippen molar-refractivity contribution >= 4 is 35.8 Å². The molecule has 0 aromatic heterocycles. The van der Waals surface area contributed by atoms with Gasteiger partial charge in [0.1, 0.15) is 0 Å². The van der Waals surface area contributed by atoms with Crippen molar-refractivity contribution in [2.24, 2.45) is 10.4 Å². The van der Waals surface area contributed by atoms with Gasteiger partial charge >= 0.3 is 6.18 Å². The van der Waals surface area contributed by atoms with E-state index in [1.54, 1.807) is 26.0 Å². The number of alkyl halides is 3. The molecular weight excluding hydrogens is 508 g/mol. The van der Waals surface area contributed by atoms with Gasteiger partial charge in [0, 0.05) is 33.3 Å². The van der Waals surface area contributed by atoms with Crippen molar-refractivity contribution < 1.29 is 18.0 Å². The van der Waals surface area contributed by atoms with Crippen LogP contribution >= 0.6 is 24.0 Å². The third-order valence-electron chi connectivity index (χ3n) is 5.03. The van der Waals surface area contributed by atoms with Gasteiger partial charge in [-0.1, -0.05) is 24.7 Å². The smallest absolute Gasteiger partial charge is 0.355 e. The lowest BCUT2D eigenvalue weighted by Gasteiger charge is -2.31. The van der Waals surface area contributed by atoms with E-state index in [0.29, 0.717) is 18.1 Å². The number of halogens is 4. The third-order valence-corrected chi connectivity index (χ3v) is 5.03. The van der Waals surface area contributed by atoms with Crippen LogP contribution in [0.4, 0.5) is 13.2 Å². The lowest BCUT2D eigenvalue weighted by atomic mass is 9.84. The Balaban J connectivity index is 0.00000450. The minimum Gasteiger partial charge on any atom is -0.355 e. The van der Waals surface area contributed by atoms with Crippen LogP contribution in [0.25, 0.3) is 0 Å². The molecule has 1 amide bonds. The molecule has 1 aliphatic rings. The van der Waals surface area contributed by atoms with E-state index in [0.717, 1.165) is 37.8 Å². The summed E-state index contributed by atoms with van der Waals surface area (Å²) in [6.45, 7) is 0.769. The van der Waals surface area contributed by atoms with Crippen molar-refractivity contribution in [3.05, 3.63) is 35.4 Å². The molecule has 9 heteroatoms. The van der Waals surface area contributed by atoms with E-state index in [1.807, 2.05) is 0 Å². The van der Waals surface area contributed by atoms with Gasteiger partial charge in [-0.3, -0.25) is 9.79 Å². The molecule has 0 saturated heterocycles. The summed E-state index contributed by atoms with van der Waals surface area (Å²) >= 11 is 0. The normalized spacial score (nSPS) is 15.5. The fraction of sp³-hybridized carbons (Fsp3) is 0.524. The largest absolute Gasteiger partial charge is 0.416 e. The standard InChI is InChI=1S/C21H27F3N4O.HI/c1-25-19(27-15-20(12-4-5-13-20)18(29)28(2)3)26-14-6-7-16-8-10-17(11-9-16)21(22,23)24;/h8-11H,4-5,12-15H2,1-3H3,(H2,25,26,27);1H. The number of aliphatic imine (C=N–C) groups is 1. The predicted octanol–water partition coefficient (Wildman–Crippen LogP) is 3.49. The molecule has 166 valence electrons. The molecule has 0 spiro atoms. The molecule has 1 aliphatic carbocycles. The maximum Gasteiger partial charge on any atom is 0.416 e. The minimum atomic E-state index is -4.35. The van der Waals surface area contributed by atoms with Crippen LogP contribution in [-0.4, -0.2) is 51.0 Å². The number of nitrogens with one attached hydrogen (secondary N) is 2. The summed E-state index contributed by atoms with van der Waals surface area (Å²) in [5.41, 5.74) is -0.601. The van der Waals surface area contributed by atoms with Crippen molar-refractivity contribution in [3.8, 4) is 11.8 Å². The van der Waals surface area contributed by atoms with E-state index in [2.05, 4.69) is 27.5 Å². The van der Waals surface area contributed by atoms with Gasteiger partial charge in [-0.15, -0.1) is 24.0 Å². The maximum absolute atomic E-state index is 12.6. The Kier molecular flexibility index (Phi) is 9.94. The highest BCUT2D eigenvalue weighted by Crippen LogP contribution is 2.38. The Morgan fingerprint density at radius 2 is 1.77 bits per heavy atom. The second-order valence-corrected chi connectivity index (χ2v) is 7.34. The van der Waals surface area contributed by atoms with Crippen LogP contribution in [0.1, 0.15) is 36.8 Å². The van der Waals surface area contributed by atoms with E-state index < -0.39 is 17.2 Å². The van der Waals surface area contributed by atoms with Gasteiger partial charge in [-0.25, -0.2) is 0 Å². The Labute approximate surface area is 192 Å². The first-order chi connectivity index (χ1) is 13.7. The summed E-state index contributed by atoms with van der Waals surface area (Å²) in [6.07, 6.45) is -0.586. The fourth-order valence-electron chi connectivity index (χ4n) is 3.48. The van der Waals surface area contributed by atoms with Crippen LogP contribution in [0, 0.1) is 17.3 Å². The van der Waals surface area contributed by atoms with Gasteiger partial charge in [-0.05, 0) is 37.1 Å². The first kappa shape index (κ1) is 26.1. The summed E-state index contributed by atoms with van der Waals surface area (Å²) in [5.74, 6) is 6.34. The number of hydrogen-bond donors (Lipinski definition) is 2. The van der Waals surface area contributed by atoms with Crippen LogP contribution in [-0.2, 0) is 11.0 Å². The number of rotatable bonds is 4. The molecule has 5 nitrogen and oxygen atoms in total. The van der Waals surface area contributed by atoms with Gasteiger partial charge < -0.3 is 15.5 Å². The zero-order valence-electron chi connectivity index (χ0n) is 17.4. The average Bonchev–Trinajstić information content (AvgIpc) is 3.16. The average molecular weight is 536 g/mol. The molecule has 0 atom stereocenters. The SMILES string of the molecule is CN=C(NCC#Cc1ccc(C(F)(F)F)cc1)NCC1(C(=O)N(C)C)CCCC1.I. The highest BCUT2D eigenvalue weighted by molar-refractivity contribution is 14.0. The molecule has 1 aromatic carbocycles. The van der Waals surface area contributed by atoms with Crippen molar-refractivity contribution in [3.63, 3.8) is 0 Å². The van der Waals surface area contributed by atoms with Crippen LogP contribution in [0.5, 0.6) is 0 Å². The van der Waals surface area contributed by atoms with Crippen molar-refractivity contribution in [2.75, 3.05) is 34.2 Å². The highest BCUT2D eigenvalue weighted by atomic mass is 127. The van der Waals surface area contributed by atoms with E-state index in [1.165, 1.54) is 12.1 Å². The van der Waals surface area contributed by atoms with Crippen LogP contribution in [0.15, 0.2) is 29.3 Å². The summed E-state index contributed by atoms with van der Waals surface area (Å²) < 4.78 is 37.7. The number of carbonyl (C=O) groups is 1. The van der Waals surface area contributed by atoms with E-state index in [-0.39, 0.29) is 36.4 Å². The van der Waals surface area contributed by atoms with E-state index in [9.17, 15) is 18.0 Å². The van der Waals surface area contributed by atoms with E-state index in [4.69, 9.17) is 0 Å². The molecule has 0 unspecified atom stereocenters. The Hall–Kier alpha value is -1.96. The number of carbonyl (C=O) groups excluding carboxylic acids is 1. The zero-order valence-corrected chi connectivity index (χ0v) is 19.7. The number of nitrogens with zero attached hydrogens (tertiary/aromatic N) is 2. The topological polar surface area (TPSA) is 56.7 Å². The monoisotopic (exact) mass is 536 g/mol. The molecule has 1 fully saturated rings. The first-order valence-electron chi connectivity index (χ1n) is 9.50. The van der Waals surface area contributed by atoms with Crippen LogP contribution < -0.4 is 10.6 Å². The van der Waals surface area contributed by atoms with Gasteiger partial charge in [0.25, 0.3) is 0 Å². The number of benzene rings is 1. The molecule has 0 bridgehead atoms. The quantitative estimate of drug-likeness (QED) is 0.268. The summed E-state index contributed by atoms with van der Waals surface area (Å²) in [5, 5.41) is 6.25. The van der Waals surface area contributed by atoms with Crippen molar-refractivity contribution in [2.45, 2.75) is 31.9 Å². The second-order valence-electron chi connectivity index (χ2n) is 7.34. The summed E-state index contributed by atoms with van der Waals surface area (Å²) in [6, 6.07) is 4.72. The predicted molar refractivity (Wildman–Crippen MR) is 123 cm³/mol. The van der Waals surface area contributed by atoms with Crippen molar-refractivity contribution in [1.29, 1.82) is 0 Å². The van der Waals surface area contributed by atoms with Gasteiger partial charge in [-0.2, -0.15) is 13.2 Å². The van der Waals surface area contributed by atoms with Crippen LogP contribution in [0.3, 0.4) is 0 Å². The van der Waals surface area contributed by atoms with Crippen molar-refractivity contribution in [1.82, 2.24) is 15.5 Å². The molecule has 2 N–H and O–H groups in total. The highest BCUT2D eigenvalue weighted by Gasteiger charge is 2.42. The van der Waals surface area contributed by atoms with Crippen LogP contribution in [0.2, 0.25) is 0 Å². The maximum atomic E-state index is 12.6. The molecule has 2 rings (SSSR count). The first-order valence-corrected chi connectivity index (χ1v) is 9.50. The fourth-order valence-corrected chi connectivity index (χ4v) is 3.48. The molecular formula is C21H28F3IN4O. The minimum absolute atomic E-state index is 0. The van der Waals surface area contributed by atoms with Gasteiger partial charge in [0.2, 0.25) is 5.91 Å². The summed E-state index contributed by atoms with van der Waals surface area (Å²) in [4.78, 5) is 18.4. The lowest BCUT2D eigenvalue weighted by Crippen LogP contribution is -2.49. The van der Waals surface area contributed by atoms with Gasteiger partial charge in [0.15, 0.2) is 5.96 Å². The number of hydrogen-bond acceptors (Lipinski definition) is 2. The Morgan fingerprint density at radius 1 is 1.17 bits per heavy atom. The third kappa shape index (κ3) is 7.07. The molecule has 1 aromatic rings. The molecule has 0 radical (unpaired) electrons. The number of amides is 1. The lowest BCUT2D eigenvalue weighted by molar-refractivity contribution is -0.139. The zero-order chi connectivity index (χ0) is 21.5. The Bertz CT molecular complexity index is 789. The van der Waals surface area contributed by atoms with E-state index >= 15 is 0 Å². The molecule has 0 aliphatic heterocycles.